The molecule has 0 aliphatic carbocycles. The Kier molecular flexibility index (Phi) is 5.64. The van der Waals surface area contributed by atoms with Gasteiger partial charge in [0.25, 0.3) is 11.5 Å². The van der Waals surface area contributed by atoms with Gasteiger partial charge in [-0.25, -0.2) is 0 Å². The Labute approximate surface area is 171 Å². The summed E-state index contributed by atoms with van der Waals surface area (Å²) in [6.45, 7) is 1.89. The van der Waals surface area contributed by atoms with E-state index < -0.39 is 11.5 Å². The molecule has 1 aliphatic rings. The fourth-order valence-corrected chi connectivity index (χ4v) is 3.91. The molecule has 0 radical (unpaired) electrons. The summed E-state index contributed by atoms with van der Waals surface area (Å²) in [5, 5.41) is 4.82. The molecule has 0 unspecified atom stereocenters. The van der Waals surface area contributed by atoms with E-state index in [2.05, 4.69) is 21.3 Å². The molecule has 150 valence electrons. The van der Waals surface area contributed by atoms with Crippen LogP contribution in [0.1, 0.15) is 26.5 Å². The van der Waals surface area contributed by atoms with Gasteiger partial charge in [-0.05, 0) is 48.3 Å². The van der Waals surface area contributed by atoms with E-state index >= 15 is 0 Å². The molecular formula is C21H21N3O4S. The quantitative estimate of drug-likeness (QED) is 0.625. The van der Waals surface area contributed by atoms with Gasteiger partial charge >= 0.3 is 0 Å². The maximum atomic E-state index is 12.4. The number of nitrogens with zero attached hydrogens (tertiary/aromatic N) is 1. The Morgan fingerprint density at radius 3 is 2.83 bits per heavy atom. The molecule has 0 fully saturated rings. The van der Waals surface area contributed by atoms with Gasteiger partial charge in [0.1, 0.15) is 5.56 Å². The van der Waals surface area contributed by atoms with Crippen LogP contribution in [0.2, 0.25) is 0 Å². The van der Waals surface area contributed by atoms with Crippen molar-refractivity contribution < 1.29 is 14.3 Å². The largest absolute Gasteiger partial charge is 0.454 e. The van der Waals surface area contributed by atoms with Gasteiger partial charge in [-0.1, -0.05) is 12.1 Å². The Morgan fingerprint density at radius 2 is 2.03 bits per heavy atom. The van der Waals surface area contributed by atoms with Crippen LogP contribution in [0.3, 0.4) is 0 Å². The van der Waals surface area contributed by atoms with E-state index in [1.807, 2.05) is 30.6 Å². The highest BCUT2D eigenvalue weighted by Crippen LogP contribution is 2.32. The zero-order chi connectivity index (χ0) is 20.2. The zero-order valence-corrected chi connectivity index (χ0v) is 16.8. The highest BCUT2D eigenvalue weighted by molar-refractivity contribution is 7.09. The number of pyridine rings is 1. The Hall–Kier alpha value is -3.10. The topological polar surface area (TPSA) is 83.7 Å². The van der Waals surface area contributed by atoms with Crippen molar-refractivity contribution >= 4 is 17.2 Å². The van der Waals surface area contributed by atoms with E-state index in [4.69, 9.17) is 9.47 Å². The fraction of sp³-hybridized carbons (Fsp3) is 0.238. The first-order valence-electron chi connectivity index (χ1n) is 9.18. The number of amides is 1. The van der Waals surface area contributed by atoms with Crippen LogP contribution in [0.25, 0.3) is 0 Å². The molecule has 1 aliphatic heterocycles. The van der Waals surface area contributed by atoms with Crippen molar-refractivity contribution in [3.05, 3.63) is 79.9 Å². The van der Waals surface area contributed by atoms with Crippen molar-refractivity contribution in [3.8, 4) is 11.5 Å². The molecular weight excluding hydrogens is 390 g/mol. The predicted octanol–water partition coefficient (Wildman–Crippen LogP) is 2.73. The van der Waals surface area contributed by atoms with Crippen molar-refractivity contribution in [2.45, 2.75) is 19.6 Å². The summed E-state index contributed by atoms with van der Waals surface area (Å²) >= 11 is 1.70. The summed E-state index contributed by atoms with van der Waals surface area (Å²) in [6, 6.07) is 12.9. The van der Waals surface area contributed by atoms with Crippen molar-refractivity contribution in [3.63, 3.8) is 0 Å². The first-order chi connectivity index (χ1) is 14.1. The van der Waals surface area contributed by atoms with Gasteiger partial charge < -0.3 is 19.8 Å². The number of rotatable bonds is 7. The third-order valence-electron chi connectivity index (χ3n) is 4.55. The molecule has 4 rings (SSSR count). The first-order valence-corrected chi connectivity index (χ1v) is 10.1. The van der Waals surface area contributed by atoms with Crippen LogP contribution in [0.15, 0.2) is 52.6 Å². The highest BCUT2D eigenvalue weighted by Gasteiger charge is 2.15. The molecule has 2 aromatic heterocycles. The van der Waals surface area contributed by atoms with E-state index in [-0.39, 0.29) is 12.4 Å². The van der Waals surface area contributed by atoms with Gasteiger partial charge in [0.05, 0.1) is 0 Å². The Morgan fingerprint density at radius 1 is 1.17 bits per heavy atom. The number of H-pyrrole nitrogens is 1. The minimum absolute atomic E-state index is 0.0930. The lowest BCUT2D eigenvalue weighted by atomic mass is 10.2. The van der Waals surface area contributed by atoms with Crippen LogP contribution in [-0.4, -0.2) is 29.6 Å². The van der Waals surface area contributed by atoms with Crippen LogP contribution < -0.4 is 20.3 Å². The number of benzene rings is 1. The molecule has 0 saturated heterocycles. The molecule has 0 saturated carbocycles. The summed E-state index contributed by atoms with van der Waals surface area (Å²) in [7, 11) is 1.99. The number of hydrogen-bond donors (Lipinski definition) is 2. The standard InChI is InChI=1S/C21H21N3O4S/c1-24(12-16-3-2-8-29-16)11-15-5-6-17(21(26)23-15)20(25)22-10-14-4-7-18-19(9-14)28-13-27-18/h2-9H,10-13H2,1H3,(H,22,25)(H,23,26). The van der Waals surface area contributed by atoms with E-state index in [1.54, 1.807) is 29.5 Å². The molecule has 3 aromatic rings. The van der Waals surface area contributed by atoms with Crippen LogP contribution in [0.5, 0.6) is 11.5 Å². The van der Waals surface area contributed by atoms with Crippen molar-refractivity contribution in [2.75, 3.05) is 13.8 Å². The predicted molar refractivity (Wildman–Crippen MR) is 110 cm³/mol. The normalized spacial score (nSPS) is 12.3. The molecule has 0 atom stereocenters. The monoisotopic (exact) mass is 411 g/mol. The number of carbonyl (C=O) groups is 1. The number of carbonyl (C=O) groups excluding carboxylic acids is 1. The van der Waals surface area contributed by atoms with Crippen molar-refractivity contribution in [2.24, 2.45) is 0 Å². The number of hydrogen-bond acceptors (Lipinski definition) is 6. The number of ether oxygens (including phenoxy) is 2. The maximum Gasteiger partial charge on any atom is 0.261 e. The highest BCUT2D eigenvalue weighted by atomic mass is 32.1. The minimum Gasteiger partial charge on any atom is -0.454 e. The molecule has 2 N–H and O–H groups in total. The van der Waals surface area contributed by atoms with Gasteiger partial charge in [0.15, 0.2) is 11.5 Å². The molecule has 0 bridgehead atoms. The zero-order valence-electron chi connectivity index (χ0n) is 15.9. The van der Waals surface area contributed by atoms with Crippen LogP contribution in [0.4, 0.5) is 0 Å². The van der Waals surface area contributed by atoms with Gasteiger partial charge in [-0.3, -0.25) is 14.5 Å². The summed E-state index contributed by atoms with van der Waals surface area (Å²) in [6.07, 6.45) is 0. The SMILES string of the molecule is CN(Cc1ccc(C(=O)NCc2ccc3c(c2)OCO3)c(=O)[nH]1)Cc1cccs1. The average molecular weight is 411 g/mol. The number of aromatic nitrogens is 1. The molecule has 3 heterocycles. The van der Waals surface area contributed by atoms with E-state index in [0.717, 1.165) is 17.8 Å². The van der Waals surface area contributed by atoms with Crippen molar-refractivity contribution in [1.29, 1.82) is 0 Å². The number of nitrogens with one attached hydrogen (secondary N) is 2. The third-order valence-corrected chi connectivity index (χ3v) is 5.41. The fourth-order valence-electron chi connectivity index (χ4n) is 3.13. The second-order valence-electron chi connectivity index (χ2n) is 6.85. The molecule has 1 amide bonds. The van der Waals surface area contributed by atoms with Gasteiger partial charge in [-0.15, -0.1) is 11.3 Å². The average Bonchev–Trinajstić information content (AvgIpc) is 3.37. The molecule has 8 heteroatoms. The van der Waals surface area contributed by atoms with Gasteiger partial charge in [0.2, 0.25) is 6.79 Å². The third kappa shape index (κ3) is 4.67. The molecule has 0 spiro atoms. The minimum atomic E-state index is -0.414. The van der Waals surface area contributed by atoms with E-state index in [1.165, 1.54) is 4.88 Å². The number of thiophene rings is 1. The van der Waals surface area contributed by atoms with Crippen LogP contribution in [0, 0.1) is 0 Å². The second-order valence-corrected chi connectivity index (χ2v) is 7.88. The Balaban J connectivity index is 1.35. The van der Waals surface area contributed by atoms with Crippen LogP contribution in [-0.2, 0) is 19.6 Å². The van der Waals surface area contributed by atoms with Crippen molar-refractivity contribution in [1.82, 2.24) is 15.2 Å². The van der Waals surface area contributed by atoms with Gasteiger partial charge in [-0.2, -0.15) is 0 Å². The van der Waals surface area contributed by atoms with Gasteiger partial charge in [0, 0.05) is 30.2 Å². The summed E-state index contributed by atoms with van der Waals surface area (Å²) < 4.78 is 10.6. The first kappa shape index (κ1) is 19.2. The lowest BCUT2D eigenvalue weighted by molar-refractivity contribution is 0.0949. The maximum absolute atomic E-state index is 12.4. The lowest BCUT2D eigenvalue weighted by Crippen LogP contribution is -2.30. The summed E-state index contributed by atoms with van der Waals surface area (Å²) in [5.74, 6) is 0.934. The number of aromatic amines is 1. The molecule has 1 aromatic carbocycles. The second kappa shape index (κ2) is 8.50. The van der Waals surface area contributed by atoms with E-state index in [9.17, 15) is 9.59 Å². The van der Waals surface area contributed by atoms with Crippen LogP contribution >= 0.6 is 11.3 Å². The molecule has 7 nitrogen and oxygen atoms in total. The number of fused-ring (bicyclic) bond motifs is 1. The summed E-state index contributed by atoms with van der Waals surface area (Å²) in [4.78, 5) is 31.0. The smallest absolute Gasteiger partial charge is 0.261 e. The summed E-state index contributed by atoms with van der Waals surface area (Å²) in [5.41, 5.74) is 1.33. The Bertz CT molecular complexity index is 1060. The molecule has 29 heavy (non-hydrogen) atoms. The lowest BCUT2D eigenvalue weighted by Gasteiger charge is -2.15. The van der Waals surface area contributed by atoms with E-state index in [0.29, 0.717) is 24.6 Å².